The Morgan fingerprint density at radius 1 is 1.04 bits per heavy atom. The molecule has 0 radical (unpaired) electrons. The summed E-state index contributed by atoms with van der Waals surface area (Å²) >= 11 is 0. The fourth-order valence-corrected chi connectivity index (χ4v) is 2.61. The second-order valence-electron chi connectivity index (χ2n) is 6.98. The standard InChI is InChI=1S/C22H30O3/c1-15(2)7-6-8-16(3)11-20(23)12-17(4)9-10-19-14-21(24)13-18(5)22(19)25/h7,9,11,13-14,24-25H,6,8,10,12H2,1-5H3/b16-11+,17-9+. The number of rotatable bonds is 8. The second-order valence-corrected chi connectivity index (χ2v) is 6.98. The van der Waals surface area contributed by atoms with Gasteiger partial charge < -0.3 is 10.2 Å². The van der Waals surface area contributed by atoms with E-state index in [1.54, 1.807) is 19.1 Å². The fraction of sp³-hybridized carbons (Fsp3) is 0.409. The molecule has 136 valence electrons. The molecule has 0 fully saturated rings. The summed E-state index contributed by atoms with van der Waals surface area (Å²) in [6.07, 6.45) is 8.56. The molecule has 2 N–H and O–H groups in total. The monoisotopic (exact) mass is 342 g/mol. The van der Waals surface area contributed by atoms with Crippen molar-refractivity contribution in [3.05, 3.63) is 58.2 Å². The topological polar surface area (TPSA) is 57.5 Å². The van der Waals surface area contributed by atoms with Gasteiger partial charge in [0.1, 0.15) is 11.5 Å². The van der Waals surface area contributed by atoms with Crippen molar-refractivity contribution in [1.29, 1.82) is 0 Å². The summed E-state index contributed by atoms with van der Waals surface area (Å²) < 4.78 is 0. The number of hydrogen-bond donors (Lipinski definition) is 2. The molecule has 0 aromatic heterocycles. The predicted molar refractivity (Wildman–Crippen MR) is 104 cm³/mol. The van der Waals surface area contributed by atoms with Gasteiger partial charge >= 0.3 is 0 Å². The third-order valence-electron chi connectivity index (χ3n) is 3.99. The van der Waals surface area contributed by atoms with Crippen LogP contribution in [0.1, 0.15) is 58.1 Å². The molecule has 0 aliphatic rings. The Morgan fingerprint density at radius 3 is 2.36 bits per heavy atom. The van der Waals surface area contributed by atoms with Gasteiger partial charge in [0.15, 0.2) is 5.78 Å². The lowest BCUT2D eigenvalue weighted by atomic mass is 10.0. The van der Waals surface area contributed by atoms with Crippen LogP contribution >= 0.6 is 0 Å². The van der Waals surface area contributed by atoms with Crippen molar-refractivity contribution < 1.29 is 15.0 Å². The van der Waals surface area contributed by atoms with Gasteiger partial charge in [0.25, 0.3) is 0 Å². The molecule has 0 aliphatic carbocycles. The zero-order valence-corrected chi connectivity index (χ0v) is 16.0. The van der Waals surface area contributed by atoms with E-state index in [4.69, 9.17) is 0 Å². The van der Waals surface area contributed by atoms with Crippen LogP contribution in [0.25, 0.3) is 0 Å². The van der Waals surface area contributed by atoms with Crippen molar-refractivity contribution in [3.8, 4) is 11.5 Å². The molecule has 25 heavy (non-hydrogen) atoms. The SMILES string of the molecule is CC(C)=CCC/C(C)=C/C(=O)C/C(C)=C/Cc1cc(O)cc(C)c1O. The van der Waals surface area contributed by atoms with Crippen LogP contribution in [0.2, 0.25) is 0 Å². The van der Waals surface area contributed by atoms with Gasteiger partial charge in [-0.1, -0.05) is 28.9 Å². The molecule has 3 heteroatoms. The Morgan fingerprint density at radius 2 is 1.72 bits per heavy atom. The highest BCUT2D eigenvalue weighted by Crippen LogP contribution is 2.28. The van der Waals surface area contributed by atoms with E-state index < -0.39 is 0 Å². The normalized spacial score (nSPS) is 12.2. The van der Waals surface area contributed by atoms with E-state index in [1.807, 2.05) is 19.9 Å². The van der Waals surface area contributed by atoms with Crippen molar-refractivity contribution in [2.45, 2.75) is 60.3 Å². The summed E-state index contributed by atoms with van der Waals surface area (Å²) in [5.41, 5.74) is 4.66. The van der Waals surface area contributed by atoms with Crippen LogP contribution in [0, 0.1) is 6.92 Å². The highest BCUT2D eigenvalue weighted by atomic mass is 16.3. The molecule has 0 heterocycles. The first-order valence-corrected chi connectivity index (χ1v) is 8.69. The number of benzene rings is 1. The third-order valence-corrected chi connectivity index (χ3v) is 3.99. The Kier molecular flexibility index (Phi) is 8.20. The molecule has 1 rings (SSSR count). The van der Waals surface area contributed by atoms with Crippen molar-refractivity contribution in [1.82, 2.24) is 0 Å². The number of aryl methyl sites for hydroxylation is 1. The molecule has 0 amide bonds. The number of phenols is 2. The van der Waals surface area contributed by atoms with Gasteiger partial charge in [-0.3, -0.25) is 4.79 Å². The minimum atomic E-state index is 0.0970. The van der Waals surface area contributed by atoms with Crippen LogP contribution in [-0.4, -0.2) is 16.0 Å². The van der Waals surface area contributed by atoms with Crippen molar-refractivity contribution in [2.75, 3.05) is 0 Å². The van der Waals surface area contributed by atoms with Gasteiger partial charge in [-0.25, -0.2) is 0 Å². The number of allylic oxidation sites excluding steroid dienone is 6. The zero-order valence-electron chi connectivity index (χ0n) is 16.0. The number of carbonyl (C=O) groups excluding carboxylic acids is 1. The first kappa shape index (κ1) is 20.8. The van der Waals surface area contributed by atoms with E-state index in [-0.39, 0.29) is 17.3 Å². The highest BCUT2D eigenvalue weighted by Gasteiger charge is 2.06. The van der Waals surface area contributed by atoms with Crippen LogP contribution in [0.4, 0.5) is 0 Å². The minimum absolute atomic E-state index is 0.0970. The van der Waals surface area contributed by atoms with Crippen LogP contribution in [-0.2, 0) is 11.2 Å². The number of phenolic OH excluding ortho intramolecular Hbond substituents is 2. The molecule has 1 aromatic carbocycles. The average molecular weight is 342 g/mol. The quantitative estimate of drug-likeness (QED) is 0.370. The van der Waals surface area contributed by atoms with Crippen molar-refractivity contribution in [2.24, 2.45) is 0 Å². The molecule has 0 aliphatic heterocycles. The van der Waals surface area contributed by atoms with E-state index in [0.29, 0.717) is 24.0 Å². The first-order chi connectivity index (χ1) is 11.7. The Hall–Kier alpha value is -2.29. The minimum Gasteiger partial charge on any atom is -0.508 e. The largest absolute Gasteiger partial charge is 0.508 e. The molecule has 0 saturated carbocycles. The van der Waals surface area contributed by atoms with Crippen LogP contribution in [0.5, 0.6) is 11.5 Å². The Balaban J connectivity index is 2.63. The van der Waals surface area contributed by atoms with Gasteiger partial charge in [0.2, 0.25) is 0 Å². The van der Waals surface area contributed by atoms with Gasteiger partial charge in [-0.15, -0.1) is 0 Å². The molecule has 0 bridgehead atoms. The summed E-state index contributed by atoms with van der Waals surface area (Å²) in [6, 6.07) is 3.09. The van der Waals surface area contributed by atoms with E-state index in [0.717, 1.165) is 24.0 Å². The summed E-state index contributed by atoms with van der Waals surface area (Å²) in [5, 5.41) is 19.7. The molecular weight excluding hydrogens is 312 g/mol. The van der Waals surface area contributed by atoms with Gasteiger partial charge in [0, 0.05) is 12.0 Å². The van der Waals surface area contributed by atoms with Gasteiger partial charge in [-0.05, 0) is 77.7 Å². The molecule has 0 atom stereocenters. The summed E-state index contributed by atoms with van der Waals surface area (Å²) in [5.74, 6) is 0.435. The molecule has 0 saturated heterocycles. The summed E-state index contributed by atoms with van der Waals surface area (Å²) in [6.45, 7) is 9.80. The van der Waals surface area contributed by atoms with Gasteiger partial charge in [-0.2, -0.15) is 0 Å². The lowest BCUT2D eigenvalue weighted by Crippen LogP contribution is -1.96. The molecule has 0 spiro atoms. The lowest BCUT2D eigenvalue weighted by Gasteiger charge is -2.07. The maximum atomic E-state index is 12.1. The van der Waals surface area contributed by atoms with E-state index >= 15 is 0 Å². The van der Waals surface area contributed by atoms with Crippen LogP contribution < -0.4 is 0 Å². The number of aromatic hydroxyl groups is 2. The second kappa shape index (κ2) is 9.87. The van der Waals surface area contributed by atoms with Crippen molar-refractivity contribution in [3.63, 3.8) is 0 Å². The predicted octanol–water partition coefficient (Wildman–Crippen LogP) is 5.55. The van der Waals surface area contributed by atoms with Crippen molar-refractivity contribution >= 4 is 5.78 Å². The average Bonchev–Trinajstić information content (AvgIpc) is 2.48. The Labute approximate surface area is 151 Å². The summed E-state index contributed by atoms with van der Waals surface area (Å²) in [7, 11) is 0. The maximum absolute atomic E-state index is 12.1. The molecule has 1 aromatic rings. The van der Waals surface area contributed by atoms with E-state index in [1.165, 1.54) is 11.6 Å². The van der Waals surface area contributed by atoms with Crippen LogP contribution in [0.15, 0.2) is 47.1 Å². The molecule has 3 nitrogen and oxygen atoms in total. The lowest BCUT2D eigenvalue weighted by molar-refractivity contribution is -0.114. The summed E-state index contributed by atoms with van der Waals surface area (Å²) in [4.78, 5) is 12.1. The first-order valence-electron chi connectivity index (χ1n) is 8.69. The molecular formula is C22H30O3. The Bertz CT molecular complexity index is 702. The maximum Gasteiger partial charge on any atom is 0.159 e. The van der Waals surface area contributed by atoms with E-state index in [9.17, 15) is 15.0 Å². The van der Waals surface area contributed by atoms with Gasteiger partial charge in [0.05, 0.1) is 0 Å². The zero-order chi connectivity index (χ0) is 19.0. The molecule has 0 unspecified atom stereocenters. The third kappa shape index (κ3) is 7.88. The fourth-order valence-electron chi connectivity index (χ4n) is 2.61. The number of ketones is 1. The number of carbonyl (C=O) groups is 1. The highest BCUT2D eigenvalue weighted by molar-refractivity contribution is 5.91. The van der Waals surface area contributed by atoms with Crippen LogP contribution in [0.3, 0.4) is 0 Å². The number of hydrogen-bond acceptors (Lipinski definition) is 3. The van der Waals surface area contributed by atoms with E-state index in [2.05, 4.69) is 19.9 Å². The smallest absolute Gasteiger partial charge is 0.159 e.